The summed E-state index contributed by atoms with van der Waals surface area (Å²) < 4.78 is 26.3. The van der Waals surface area contributed by atoms with Crippen LogP contribution in [-0.2, 0) is 21.9 Å². The molecule has 0 bridgehead atoms. The van der Waals surface area contributed by atoms with Crippen LogP contribution in [0.15, 0.2) is 17.6 Å². The standard InChI is InChI=1S/C7H11N3O5S/c1-10-2-6(8-4-10)16(14,15)9-5(3-11)7(12)13/h2,4-5,9,11H,3H2,1H3,(H,12,13)/t5-/m1/s1. The van der Waals surface area contributed by atoms with Crippen LogP contribution in [0, 0.1) is 0 Å². The molecule has 0 saturated heterocycles. The molecule has 1 aromatic heterocycles. The van der Waals surface area contributed by atoms with E-state index in [1.165, 1.54) is 17.1 Å². The first-order chi connectivity index (χ1) is 7.36. The van der Waals surface area contributed by atoms with Gasteiger partial charge >= 0.3 is 5.97 Å². The van der Waals surface area contributed by atoms with Gasteiger partial charge in [0.25, 0.3) is 10.0 Å². The molecule has 8 nitrogen and oxygen atoms in total. The summed E-state index contributed by atoms with van der Waals surface area (Å²) in [7, 11) is -2.44. The predicted octanol–water partition coefficient (Wildman–Crippen LogP) is -1.86. The normalized spacial score (nSPS) is 13.6. The number of aliphatic carboxylic acids is 1. The Labute approximate surface area is 91.6 Å². The molecule has 0 unspecified atom stereocenters. The molecule has 90 valence electrons. The van der Waals surface area contributed by atoms with Gasteiger partial charge in [0.05, 0.1) is 12.9 Å². The Kier molecular flexibility index (Phi) is 3.62. The molecular weight excluding hydrogens is 238 g/mol. The van der Waals surface area contributed by atoms with Crippen molar-refractivity contribution in [2.45, 2.75) is 11.1 Å². The van der Waals surface area contributed by atoms with E-state index < -0.39 is 28.6 Å². The van der Waals surface area contributed by atoms with Crippen molar-refractivity contribution in [3.05, 3.63) is 12.5 Å². The third kappa shape index (κ3) is 2.78. The Balaban J connectivity index is 2.91. The largest absolute Gasteiger partial charge is 0.480 e. The van der Waals surface area contributed by atoms with E-state index in [0.29, 0.717) is 0 Å². The van der Waals surface area contributed by atoms with E-state index in [1.807, 2.05) is 4.72 Å². The van der Waals surface area contributed by atoms with Crippen LogP contribution in [0.5, 0.6) is 0 Å². The van der Waals surface area contributed by atoms with Crippen molar-refractivity contribution < 1.29 is 23.4 Å². The molecule has 0 saturated carbocycles. The van der Waals surface area contributed by atoms with Gasteiger partial charge in [-0.1, -0.05) is 0 Å². The van der Waals surface area contributed by atoms with Crippen LogP contribution in [0.4, 0.5) is 0 Å². The molecule has 1 heterocycles. The summed E-state index contributed by atoms with van der Waals surface area (Å²) in [4.78, 5) is 14.1. The number of aromatic nitrogens is 2. The van der Waals surface area contributed by atoms with Crippen molar-refractivity contribution in [1.82, 2.24) is 14.3 Å². The van der Waals surface area contributed by atoms with E-state index in [-0.39, 0.29) is 5.03 Å². The first kappa shape index (κ1) is 12.6. The van der Waals surface area contributed by atoms with Gasteiger partial charge in [0, 0.05) is 13.2 Å². The first-order valence-corrected chi connectivity index (χ1v) is 5.69. The maximum Gasteiger partial charge on any atom is 0.324 e. The zero-order chi connectivity index (χ0) is 12.3. The minimum Gasteiger partial charge on any atom is -0.480 e. The second-order valence-electron chi connectivity index (χ2n) is 3.07. The summed E-state index contributed by atoms with van der Waals surface area (Å²) in [6, 6.07) is -1.58. The van der Waals surface area contributed by atoms with Gasteiger partial charge in [-0.25, -0.2) is 13.4 Å². The van der Waals surface area contributed by atoms with E-state index in [1.54, 1.807) is 7.05 Å². The van der Waals surface area contributed by atoms with Crippen LogP contribution in [0.3, 0.4) is 0 Å². The highest BCUT2D eigenvalue weighted by Gasteiger charge is 2.26. The average molecular weight is 249 g/mol. The molecule has 1 aromatic rings. The van der Waals surface area contributed by atoms with Gasteiger partial charge < -0.3 is 14.8 Å². The topological polar surface area (TPSA) is 122 Å². The number of hydrogen-bond donors (Lipinski definition) is 3. The SMILES string of the molecule is Cn1cnc(S(=O)(=O)N[C@H](CO)C(=O)O)c1. The molecule has 1 rings (SSSR count). The van der Waals surface area contributed by atoms with Crippen LogP contribution in [0.25, 0.3) is 0 Å². The highest BCUT2D eigenvalue weighted by Crippen LogP contribution is 2.04. The molecule has 0 aliphatic carbocycles. The van der Waals surface area contributed by atoms with Gasteiger partial charge in [0.15, 0.2) is 5.03 Å². The fourth-order valence-corrected chi connectivity index (χ4v) is 2.10. The summed E-state index contributed by atoms with van der Waals surface area (Å²) in [5.41, 5.74) is 0. The summed E-state index contributed by atoms with van der Waals surface area (Å²) in [5.74, 6) is -1.46. The van der Waals surface area contributed by atoms with E-state index >= 15 is 0 Å². The highest BCUT2D eigenvalue weighted by atomic mass is 32.2. The van der Waals surface area contributed by atoms with Gasteiger partial charge in [-0.15, -0.1) is 0 Å². The predicted molar refractivity (Wildman–Crippen MR) is 52.0 cm³/mol. The van der Waals surface area contributed by atoms with Crippen molar-refractivity contribution in [2.24, 2.45) is 7.05 Å². The molecule has 0 spiro atoms. The van der Waals surface area contributed by atoms with Crippen LogP contribution >= 0.6 is 0 Å². The van der Waals surface area contributed by atoms with Gasteiger partial charge in [0.1, 0.15) is 6.04 Å². The molecule has 1 atom stereocenters. The number of sulfonamides is 1. The Morgan fingerprint density at radius 3 is 2.69 bits per heavy atom. The van der Waals surface area contributed by atoms with E-state index in [0.717, 1.165) is 0 Å². The molecular formula is C7H11N3O5S. The number of hydrogen-bond acceptors (Lipinski definition) is 5. The fourth-order valence-electron chi connectivity index (χ4n) is 0.941. The number of aliphatic hydroxyl groups excluding tert-OH is 1. The molecule has 0 aliphatic heterocycles. The zero-order valence-corrected chi connectivity index (χ0v) is 9.18. The highest BCUT2D eigenvalue weighted by molar-refractivity contribution is 7.89. The van der Waals surface area contributed by atoms with Crippen LogP contribution in [-0.4, -0.2) is 46.8 Å². The number of carboxylic acids is 1. The number of carboxylic acid groups (broad SMARTS) is 1. The van der Waals surface area contributed by atoms with E-state index in [4.69, 9.17) is 10.2 Å². The van der Waals surface area contributed by atoms with Gasteiger partial charge in [-0.3, -0.25) is 4.79 Å². The van der Waals surface area contributed by atoms with E-state index in [2.05, 4.69) is 4.98 Å². The third-order valence-electron chi connectivity index (χ3n) is 1.73. The number of rotatable bonds is 5. The van der Waals surface area contributed by atoms with Crippen molar-refractivity contribution in [1.29, 1.82) is 0 Å². The number of nitrogens with zero attached hydrogens (tertiary/aromatic N) is 2. The van der Waals surface area contributed by atoms with Crippen LogP contribution < -0.4 is 4.72 Å². The number of carbonyl (C=O) groups is 1. The van der Waals surface area contributed by atoms with Crippen LogP contribution in [0.1, 0.15) is 0 Å². The number of aryl methyl sites for hydroxylation is 1. The summed E-state index contributed by atoms with van der Waals surface area (Å²) in [6.07, 6.45) is 2.49. The molecule has 0 amide bonds. The lowest BCUT2D eigenvalue weighted by Crippen LogP contribution is -2.43. The lowest BCUT2D eigenvalue weighted by molar-refractivity contribution is -0.139. The molecule has 0 aliphatic rings. The molecule has 0 aromatic carbocycles. The Morgan fingerprint density at radius 2 is 2.31 bits per heavy atom. The maximum absolute atomic E-state index is 11.6. The summed E-state index contributed by atoms with van der Waals surface area (Å²) >= 11 is 0. The lowest BCUT2D eigenvalue weighted by Gasteiger charge is -2.10. The van der Waals surface area contributed by atoms with Crippen molar-refractivity contribution in [3.63, 3.8) is 0 Å². The van der Waals surface area contributed by atoms with Crippen molar-refractivity contribution in [3.8, 4) is 0 Å². The average Bonchev–Trinajstić information content (AvgIpc) is 2.61. The quantitative estimate of drug-likeness (QED) is 0.563. The molecule has 3 N–H and O–H groups in total. The monoisotopic (exact) mass is 249 g/mol. The van der Waals surface area contributed by atoms with Crippen LogP contribution in [0.2, 0.25) is 0 Å². The number of imidazole rings is 1. The Morgan fingerprint density at radius 1 is 1.69 bits per heavy atom. The minimum absolute atomic E-state index is 0.297. The lowest BCUT2D eigenvalue weighted by atomic mass is 10.3. The van der Waals surface area contributed by atoms with Crippen molar-refractivity contribution in [2.75, 3.05) is 6.61 Å². The van der Waals surface area contributed by atoms with Gasteiger partial charge in [-0.05, 0) is 0 Å². The molecule has 9 heteroatoms. The minimum atomic E-state index is -4.02. The third-order valence-corrected chi connectivity index (χ3v) is 3.09. The zero-order valence-electron chi connectivity index (χ0n) is 8.36. The second-order valence-corrected chi connectivity index (χ2v) is 4.73. The summed E-state index contributed by atoms with van der Waals surface area (Å²) in [5, 5.41) is 17.0. The Bertz CT molecular complexity index is 480. The molecule has 0 radical (unpaired) electrons. The Hall–Kier alpha value is -1.45. The molecule has 16 heavy (non-hydrogen) atoms. The van der Waals surface area contributed by atoms with Crippen molar-refractivity contribution >= 4 is 16.0 Å². The molecule has 0 fully saturated rings. The van der Waals surface area contributed by atoms with Gasteiger partial charge in [-0.2, -0.15) is 4.72 Å². The number of nitrogens with one attached hydrogen (secondary N) is 1. The summed E-state index contributed by atoms with van der Waals surface area (Å²) in [6.45, 7) is -0.832. The first-order valence-electron chi connectivity index (χ1n) is 4.21. The number of aliphatic hydroxyl groups is 1. The van der Waals surface area contributed by atoms with Gasteiger partial charge in [0.2, 0.25) is 0 Å². The maximum atomic E-state index is 11.6. The smallest absolute Gasteiger partial charge is 0.324 e. The fraction of sp³-hybridized carbons (Fsp3) is 0.429. The van der Waals surface area contributed by atoms with E-state index in [9.17, 15) is 13.2 Å². The second kappa shape index (κ2) is 4.60.